The van der Waals surface area contributed by atoms with E-state index in [1.807, 2.05) is 16.7 Å². The fourth-order valence-electron chi connectivity index (χ4n) is 1.80. The molecule has 0 aromatic heterocycles. The molecule has 2 N–H and O–H groups in total. The monoisotopic (exact) mass is 288 g/mol. The van der Waals surface area contributed by atoms with Gasteiger partial charge in [-0.05, 0) is 30.2 Å². The predicted octanol–water partition coefficient (Wildman–Crippen LogP) is 1.61. The van der Waals surface area contributed by atoms with Crippen molar-refractivity contribution in [3.8, 4) is 5.75 Å². The third kappa shape index (κ3) is 3.92. The summed E-state index contributed by atoms with van der Waals surface area (Å²) >= 11 is 0. The van der Waals surface area contributed by atoms with Crippen molar-refractivity contribution in [3.63, 3.8) is 0 Å². The van der Waals surface area contributed by atoms with Crippen LogP contribution in [0.3, 0.4) is 0 Å². The molecule has 1 aliphatic heterocycles. The fourth-order valence-corrected chi connectivity index (χ4v) is 1.80. The van der Waals surface area contributed by atoms with Gasteiger partial charge in [0.1, 0.15) is 11.3 Å². The van der Waals surface area contributed by atoms with Crippen molar-refractivity contribution in [1.29, 1.82) is 0 Å². The first kappa shape index (κ1) is 14.8. The van der Waals surface area contributed by atoms with Crippen molar-refractivity contribution in [3.05, 3.63) is 35.4 Å². The second-order valence-electron chi connectivity index (χ2n) is 4.57. The van der Waals surface area contributed by atoms with Gasteiger partial charge < -0.3 is 4.74 Å². The van der Waals surface area contributed by atoms with Gasteiger partial charge in [0.15, 0.2) is 0 Å². The van der Waals surface area contributed by atoms with E-state index in [1.54, 1.807) is 18.2 Å². The van der Waals surface area contributed by atoms with Crippen LogP contribution in [-0.2, 0) is 9.59 Å². The summed E-state index contributed by atoms with van der Waals surface area (Å²) in [6.45, 7) is 2.69. The molecular formula is C15H16N2O4. The zero-order chi connectivity index (χ0) is 15.2. The second kappa shape index (κ2) is 6.69. The molecule has 0 bridgehead atoms. The number of hydrogen-bond acceptors (Lipinski definition) is 4. The molecule has 1 heterocycles. The Bertz CT molecular complexity index is 585. The molecule has 0 saturated carbocycles. The van der Waals surface area contributed by atoms with E-state index in [9.17, 15) is 14.4 Å². The summed E-state index contributed by atoms with van der Waals surface area (Å²) < 4.78 is 5.56. The van der Waals surface area contributed by atoms with Crippen molar-refractivity contribution in [1.82, 2.24) is 10.6 Å². The highest BCUT2D eigenvalue weighted by atomic mass is 16.5. The molecule has 6 nitrogen and oxygen atoms in total. The highest BCUT2D eigenvalue weighted by Gasteiger charge is 2.27. The number of imide groups is 2. The molecule has 0 spiro atoms. The number of hydrogen-bond donors (Lipinski definition) is 2. The number of nitrogens with one attached hydrogen (secondary N) is 2. The molecule has 1 saturated heterocycles. The maximum absolute atomic E-state index is 11.6. The molecule has 1 aromatic carbocycles. The Morgan fingerprint density at radius 1 is 1.14 bits per heavy atom. The van der Waals surface area contributed by atoms with Gasteiger partial charge in [-0.25, -0.2) is 4.79 Å². The van der Waals surface area contributed by atoms with Crippen LogP contribution in [0.2, 0.25) is 0 Å². The zero-order valence-electron chi connectivity index (χ0n) is 11.6. The highest BCUT2D eigenvalue weighted by molar-refractivity contribution is 6.31. The Hall–Kier alpha value is -2.63. The summed E-state index contributed by atoms with van der Waals surface area (Å²) in [5.74, 6) is -0.743. The lowest BCUT2D eigenvalue weighted by molar-refractivity contribution is -0.123. The second-order valence-corrected chi connectivity index (χ2v) is 4.57. The molecule has 0 unspecified atom stereocenters. The molecule has 4 amide bonds. The highest BCUT2D eigenvalue weighted by Crippen LogP contribution is 2.17. The SMILES string of the molecule is CCCCOc1cccc(C=C2C(=O)NC(=O)NC2=O)c1. The van der Waals surface area contributed by atoms with Gasteiger partial charge in [0, 0.05) is 0 Å². The Morgan fingerprint density at radius 3 is 2.52 bits per heavy atom. The Kier molecular flexibility index (Phi) is 4.71. The van der Waals surface area contributed by atoms with Crippen LogP contribution in [-0.4, -0.2) is 24.5 Å². The van der Waals surface area contributed by atoms with E-state index < -0.39 is 17.8 Å². The van der Waals surface area contributed by atoms with Crippen molar-refractivity contribution >= 4 is 23.9 Å². The van der Waals surface area contributed by atoms with Crippen LogP contribution < -0.4 is 15.4 Å². The van der Waals surface area contributed by atoms with E-state index in [0.717, 1.165) is 12.8 Å². The summed E-state index contributed by atoms with van der Waals surface area (Å²) in [6, 6.07) is 6.26. The van der Waals surface area contributed by atoms with Crippen LogP contribution in [0, 0.1) is 0 Å². The molecule has 1 fully saturated rings. The lowest BCUT2D eigenvalue weighted by Crippen LogP contribution is -2.51. The molecule has 2 rings (SSSR count). The quantitative estimate of drug-likeness (QED) is 0.490. The maximum Gasteiger partial charge on any atom is 0.328 e. The number of carbonyl (C=O) groups is 3. The number of rotatable bonds is 5. The number of urea groups is 1. The average molecular weight is 288 g/mol. The van der Waals surface area contributed by atoms with Crippen LogP contribution in [0.4, 0.5) is 4.79 Å². The topological polar surface area (TPSA) is 84.5 Å². The third-order valence-electron chi connectivity index (χ3n) is 2.88. The Labute approximate surface area is 122 Å². The molecular weight excluding hydrogens is 272 g/mol. The number of amides is 4. The maximum atomic E-state index is 11.6. The molecule has 0 atom stereocenters. The van der Waals surface area contributed by atoms with Gasteiger partial charge in [-0.15, -0.1) is 0 Å². The number of unbranched alkanes of at least 4 members (excludes halogenated alkanes) is 1. The summed E-state index contributed by atoms with van der Waals surface area (Å²) in [6.07, 6.45) is 3.42. The molecule has 0 aliphatic carbocycles. The summed E-state index contributed by atoms with van der Waals surface area (Å²) in [7, 11) is 0. The number of benzene rings is 1. The van der Waals surface area contributed by atoms with Crippen LogP contribution in [0.25, 0.3) is 6.08 Å². The van der Waals surface area contributed by atoms with Crippen molar-refractivity contribution in [2.75, 3.05) is 6.61 Å². The summed E-state index contributed by atoms with van der Waals surface area (Å²) in [5, 5.41) is 4.05. The van der Waals surface area contributed by atoms with E-state index in [1.165, 1.54) is 6.08 Å². The van der Waals surface area contributed by atoms with Crippen molar-refractivity contribution in [2.24, 2.45) is 0 Å². The van der Waals surface area contributed by atoms with E-state index in [4.69, 9.17) is 4.74 Å². The van der Waals surface area contributed by atoms with E-state index in [0.29, 0.717) is 17.9 Å². The standard InChI is InChI=1S/C15H16N2O4/c1-2-3-7-21-11-6-4-5-10(8-11)9-12-13(18)16-15(20)17-14(12)19/h4-6,8-9H,2-3,7H2,1H3,(H2,16,17,18,19,20). The molecule has 1 aliphatic rings. The van der Waals surface area contributed by atoms with Crippen molar-refractivity contribution < 1.29 is 19.1 Å². The molecule has 6 heteroatoms. The van der Waals surface area contributed by atoms with Gasteiger partial charge in [-0.1, -0.05) is 25.5 Å². The van der Waals surface area contributed by atoms with Gasteiger partial charge >= 0.3 is 6.03 Å². The van der Waals surface area contributed by atoms with Gasteiger partial charge in [0.05, 0.1) is 6.61 Å². The van der Waals surface area contributed by atoms with Gasteiger partial charge in [0.25, 0.3) is 11.8 Å². The third-order valence-corrected chi connectivity index (χ3v) is 2.88. The van der Waals surface area contributed by atoms with E-state index >= 15 is 0 Å². The lowest BCUT2D eigenvalue weighted by atomic mass is 10.1. The minimum atomic E-state index is -0.807. The fraction of sp³-hybridized carbons (Fsp3) is 0.267. The zero-order valence-corrected chi connectivity index (χ0v) is 11.6. The molecule has 1 aromatic rings. The normalized spacial score (nSPS) is 14.5. The van der Waals surface area contributed by atoms with Crippen LogP contribution in [0.1, 0.15) is 25.3 Å². The smallest absolute Gasteiger partial charge is 0.328 e. The number of ether oxygens (including phenoxy) is 1. The predicted molar refractivity (Wildman–Crippen MR) is 76.5 cm³/mol. The summed E-state index contributed by atoms with van der Waals surface area (Å²) in [4.78, 5) is 34.2. The largest absolute Gasteiger partial charge is 0.494 e. The number of barbiturate groups is 1. The lowest BCUT2D eigenvalue weighted by Gasteiger charge is -2.14. The minimum absolute atomic E-state index is 0.111. The number of carbonyl (C=O) groups excluding carboxylic acids is 3. The van der Waals surface area contributed by atoms with Gasteiger partial charge in [0.2, 0.25) is 0 Å². The van der Waals surface area contributed by atoms with Crippen LogP contribution in [0.5, 0.6) is 5.75 Å². The van der Waals surface area contributed by atoms with Crippen molar-refractivity contribution in [2.45, 2.75) is 19.8 Å². The molecule has 0 radical (unpaired) electrons. The van der Waals surface area contributed by atoms with E-state index in [2.05, 4.69) is 6.92 Å². The molecule has 110 valence electrons. The average Bonchev–Trinajstić information content (AvgIpc) is 2.44. The van der Waals surface area contributed by atoms with Crippen LogP contribution >= 0.6 is 0 Å². The van der Waals surface area contributed by atoms with E-state index in [-0.39, 0.29) is 5.57 Å². The summed E-state index contributed by atoms with van der Waals surface area (Å²) in [5.41, 5.74) is 0.541. The molecule has 21 heavy (non-hydrogen) atoms. The first-order valence-corrected chi connectivity index (χ1v) is 6.71. The van der Waals surface area contributed by atoms with Gasteiger partial charge in [-0.3, -0.25) is 20.2 Å². The first-order valence-electron chi connectivity index (χ1n) is 6.71. The van der Waals surface area contributed by atoms with Gasteiger partial charge in [-0.2, -0.15) is 0 Å². The minimum Gasteiger partial charge on any atom is -0.494 e. The first-order chi connectivity index (χ1) is 10.1. The Balaban J connectivity index is 2.16. The van der Waals surface area contributed by atoms with Crippen LogP contribution in [0.15, 0.2) is 29.8 Å². The Morgan fingerprint density at radius 2 is 1.86 bits per heavy atom.